The molecule has 29 heavy (non-hydrogen) atoms. The molecule has 0 unspecified atom stereocenters. The van der Waals surface area contributed by atoms with E-state index in [-0.39, 0.29) is 11.9 Å². The number of carbonyl (C=O) groups is 1. The number of aromatic nitrogens is 1. The Morgan fingerprint density at radius 3 is 2.76 bits per heavy atom. The lowest BCUT2D eigenvalue weighted by molar-refractivity contribution is -0.122. The van der Waals surface area contributed by atoms with Crippen LogP contribution in [0.2, 0.25) is 10.0 Å². The van der Waals surface area contributed by atoms with E-state index >= 15 is 0 Å². The normalized spacial score (nSPS) is 15.3. The molecule has 156 valence electrons. The van der Waals surface area contributed by atoms with E-state index in [1.165, 1.54) is 5.57 Å². The molecule has 0 bridgehead atoms. The van der Waals surface area contributed by atoms with Crippen LogP contribution in [0.15, 0.2) is 40.5 Å². The highest BCUT2D eigenvalue weighted by Gasteiger charge is 2.20. The molecule has 0 atom stereocenters. The SMILES string of the molecule is CC(C)=CCN1CCC(NC(=O)CCc2ncc(-c3ccc(Cl)cc3Cl)o2)CC1. The standard InChI is InChI=1S/C22H27Cl2N3O2/c1-15(2)7-10-27-11-8-17(9-12-27)26-21(28)5-6-22-25-14-20(29-22)18-4-3-16(23)13-19(18)24/h3-4,7,13-14,17H,5-6,8-12H2,1-2H3,(H,26,28). The van der Waals surface area contributed by atoms with Crippen LogP contribution in [0, 0.1) is 0 Å². The molecule has 2 heterocycles. The predicted octanol–water partition coefficient (Wildman–Crippen LogP) is 5.13. The molecule has 1 aromatic carbocycles. The molecule has 2 aromatic rings. The fourth-order valence-electron chi connectivity index (χ4n) is 3.33. The van der Waals surface area contributed by atoms with Crippen LogP contribution in [0.3, 0.4) is 0 Å². The zero-order valence-electron chi connectivity index (χ0n) is 16.9. The molecule has 0 radical (unpaired) electrons. The first kappa shape index (κ1) is 21.9. The summed E-state index contributed by atoms with van der Waals surface area (Å²) in [6, 6.07) is 5.46. The fraction of sp³-hybridized carbons (Fsp3) is 0.455. The topological polar surface area (TPSA) is 58.4 Å². The molecule has 1 aliphatic heterocycles. The zero-order valence-corrected chi connectivity index (χ0v) is 18.4. The van der Waals surface area contributed by atoms with E-state index in [1.807, 2.05) is 0 Å². The molecule has 3 rings (SSSR count). The van der Waals surface area contributed by atoms with E-state index in [0.29, 0.717) is 34.5 Å². The highest BCUT2D eigenvalue weighted by molar-refractivity contribution is 6.36. The van der Waals surface area contributed by atoms with Gasteiger partial charge in [-0.25, -0.2) is 4.98 Å². The third kappa shape index (κ3) is 6.59. The van der Waals surface area contributed by atoms with Crippen molar-refractivity contribution in [1.82, 2.24) is 15.2 Å². The molecule has 7 heteroatoms. The van der Waals surface area contributed by atoms with Crippen LogP contribution in [0.5, 0.6) is 0 Å². The molecule has 0 saturated carbocycles. The lowest BCUT2D eigenvalue weighted by atomic mass is 10.0. The number of carbonyl (C=O) groups excluding carboxylic acids is 1. The monoisotopic (exact) mass is 435 g/mol. The van der Waals surface area contributed by atoms with E-state index in [9.17, 15) is 4.79 Å². The maximum atomic E-state index is 12.3. The Morgan fingerprint density at radius 1 is 1.31 bits per heavy atom. The van der Waals surface area contributed by atoms with Gasteiger partial charge in [0, 0.05) is 49.1 Å². The van der Waals surface area contributed by atoms with Crippen LogP contribution in [0.1, 0.15) is 39.0 Å². The number of halogens is 2. The van der Waals surface area contributed by atoms with E-state index in [4.69, 9.17) is 27.6 Å². The highest BCUT2D eigenvalue weighted by atomic mass is 35.5. The number of nitrogens with one attached hydrogen (secondary N) is 1. The van der Waals surface area contributed by atoms with Crippen LogP contribution < -0.4 is 5.32 Å². The van der Waals surface area contributed by atoms with Crippen LogP contribution in [0.25, 0.3) is 11.3 Å². The first-order chi connectivity index (χ1) is 13.9. The minimum absolute atomic E-state index is 0.0389. The number of hydrogen-bond acceptors (Lipinski definition) is 4. The third-order valence-electron chi connectivity index (χ3n) is 5.03. The minimum Gasteiger partial charge on any atom is -0.441 e. The molecular weight excluding hydrogens is 409 g/mol. The van der Waals surface area contributed by atoms with Gasteiger partial charge in [0.1, 0.15) is 0 Å². The Bertz CT molecular complexity index is 867. The average Bonchev–Trinajstić information content (AvgIpc) is 3.14. The Hall–Kier alpha value is -1.82. The number of nitrogens with zero attached hydrogens (tertiary/aromatic N) is 2. The smallest absolute Gasteiger partial charge is 0.220 e. The molecule has 1 fully saturated rings. The first-order valence-electron chi connectivity index (χ1n) is 9.96. The summed E-state index contributed by atoms with van der Waals surface area (Å²) in [5.41, 5.74) is 2.08. The van der Waals surface area contributed by atoms with Gasteiger partial charge in [-0.15, -0.1) is 0 Å². The second kappa shape index (κ2) is 10.3. The van der Waals surface area contributed by atoms with Crippen molar-refractivity contribution in [2.45, 2.75) is 45.6 Å². The number of allylic oxidation sites excluding steroid dienone is 1. The maximum Gasteiger partial charge on any atom is 0.220 e. The summed E-state index contributed by atoms with van der Waals surface area (Å²) < 4.78 is 5.76. The Labute approximate surface area is 182 Å². The van der Waals surface area contributed by atoms with Gasteiger partial charge in [-0.1, -0.05) is 34.9 Å². The summed E-state index contributed by atoms with van der Waals surface area (Å²) >= 11 is 12.1. The van der Waals surface area contributed by atoms with Crippen LogP contribution >= 0.6 is 23.2 Å². The van der Waals surface area contributed by atoms with E-state index in [0.717, 1.165) is 38.0 Å². The lowest BCUT2D eigenvalue weighted by Gasteiger charge is -2.31. The average molecular weight is 436 g/mol. The predicted molar refractivity (Wildman–Crippen MR) is 117 cm³/mol. The number of benzene rings is 1. The van der Waals surface area contributed by atoms with Crippen molar-refractivity contribution in [1.29, 1.82) is 0 Å². The summed E-state index contributed by atoms with van der Waals surface area (Å²) in [6.45, 7) is 7.26. The molecule has 1 N–H and O–H groups in total. The number of rotatable bonds is 7. The summed E-state index contributed by atoms with van der Waals surface area (Å²) in [5, 5.41) is 4.22. The molecule has 0 spiro atoms. The van der Waals surface area contributed by atoms with Crippen molar-refractivity contribution in [3.8, 4) is 11.3 Å². The minimum atomic E-state index is 0.0389. The molecule has 1 aliphatic rings. The molecule has 5 nitrogen and oxygen atoms in total. The van der Waals surface area contributed by atoms with Gasteiger partial charge in [0.25, 0.3) is 0 Å². The summed E-state index contributed by atoms with van der Waals surface area (Å²) in [4.78, 5) is 19.0. The van der Waals surface area contributed by atoms with Gasteiger partial charge in [-0.2, -0.15) is 0 Å². The van der Waals surface area contributed by atoms with Crippen LogP contribution in [-0.4, -0.2) is 41.5 Å². The molecule has 0 aliphatic carbocycles. The van der Waals surface area contributed by atoms with Gasteiger partial charge in [-0.05, 0) is 44.9 Å². The van der Waals surface area contributed by atoms with Crippen molar-refractivity contribution in [3.05, 3.63) is 52.0 Å². The Kier molecular flexibility index (Phi) is 7.76. The van der Waals surface area contributed by atoms with Gasteiger partial charge in [0.05, 0.1) is 11.2 Å². The van der Waals surface area contributed by atoms with Gasteiger partial charge in [0.15, 0.2) is 11.7 Å². The van der Waals surface area contributed by atoms with Crippen molar-refractivity contribution in [2.75, 3.05) is 19.6 Å². The Balaban J connectivity index is 1.43. The number of amides is 1. The third-order valence-corrected chi connectivity index (χ3v) is 5.57. The number of oxazole rings is 1. The summed E-state index contributed by atoms with van der Waals surface area (Å²) in [7, 11) is 0. The maximum absolute atomic E-state index is 12.3. The van der Waals surface area contributed by atoms with E-state index in [1.54, 1.807) is 24.4 Å². The highest BCUT2D eigenvalue weighted by Crippen LogP contribution is 2.30. The molecule has 1 amide bonds. The van der Waals surface area contributed by atoms with E-state index < -0.39 is 0 Å². The zero-order chi connectivity index (χ0) is 20.8. The Morgan fingerprint density at radius 2 is 2.07 bits per heavy atom. The second-order valence-corrected chi connectivity index (χ2v) is 8.51. The molecule has 1 aromatic heterocycles. The number of piperidine rings is 1. The number of aryl methyl sites for hydroxylation is 1. The molecular formula is C22H27Cl2N3O2. The van der Waals surface area contributed by atoms with Gasteiger partial charge in [0.2, 0.25) is 5.91 Å². The number of likely N-dealkylation sites (tertiary alicyclic amines) is 1. The van der Waals surface area contributed by atoms with Crippen molar-refractivity contribution >= 4 is 29.1 Å². The van der Waals surface area contributed by atoms with Crippen LogP contribution in [-0.2, 0) is 11.2 Å². The number of hydrogen-bond donors (Lipinski definition) is 1. The summed E-state index contributed by atoms with van der Waals surface area (Å²) in [5.74, 6) is 1.14. The summed E-state index contributed by atoms with van der Waals surface area (Å²) in [6.07, 6.45) is 6.66. The van der Waals surface area contributed by atoms with Gasteiger partial charge < -0.3 is 9.73 Å². The second-order valence-electron chi connectivity index (χ2n) is 7.67. The fourth-order valence-corrected chi connectivity index (χ4v) is 3.83. The van der Waals surface area contributed by atoms with Crippen molar-refractivity contribution in [3.63, 3.8) is 0 Å². The molecule has 1 saturated heterocycles. The largest absolute Gasteiger partial charge is 0.441 e. The van der Waals surface area contributed by atoms with Crippen molar-refractivity contribution < 1.29 is 9.21 Å². The van der Waals surface area contributed by atoms with Crippen molar-refractivity contribution in [2.24, 2.45) is 0 Å². The lowest BCUT2D eigenvalue weighted by Crippen LogP contribution is -2.44. The van der Waals surface area contributed by atoms with E-state index in [2.05, 4.69) is 35.1 Å². The first-order valence-corrected chi connectivity index (χ1v) is 10.7. The van der Waals surface area contributed by atoms with Crippen LogP contribution in [0.4, 0.5) is 0 Å². The quantitative estimate of drug-likeness (QED) is 0.612. The van der Waals surface area contributed by atoms with Gasteiger partial charge in [-0.3, -0.25) is 9.69 Å². The van der Waals surface area contributed by atoms with Gasteiger partial charge >= 0.3 is 0 Å².